The van der Waals surface area contributed by atoms with Crippen LogP contribution in [0.25, 0.3) is 0 Å². The van der Waals surface area contributed by atoms with Gasteiger partial charge in [-0.15, -0.1) is 0 Å². The largest absolute Gasteiger partial charge is 0.273 e. The third-order valence-corrected chi connectivity index (χ3v) is 2.57. The molecule has 0 aromatic carbocycles. The summed E-state index contributed by atoms with van der Waals surface area (Å²) in [6.45, 7) is 0.374. The molecule has 1 atom stereocenters. The minimum Gasteiger partial charge on any atom is -0.273 e. The van der Waals surface area contributed by atoms with Crippen molar-refractivity contribution in [1.29, 1.82) is 0 Å². The minimum atomic E-state index is -3.14. The highest BCUT2D eigenvalue weighted by Crippen LogP contribution is 2.37. The average Bonchev–Trinajstić information content (AvgIpc) is 2.39. The van der Waals surface area contributed by atoms with Crippen LogP contribution in [-0.4, -0.2) is 39.8 Å². The number of hydrogen-bond donors (Lipinski definition) is 3. The highest BCUT2D eigenvalue weighted by atomic mass is 32.3. The van der Waals surface area contributed by atoms with Crippen LogP contribution in [0.5, 0.6) is 0 Å². The summed E-state index contributed by atoms with van der Waals surface area (Å²) in [5.74, 6) is 0. The number of hydrogen-bond acceptors (Lipinski definition) is 4. The van der Waals surface area contributed by atoms with E-state index in [1.165, 1.54) is 0 Å². The van der Waals surface area contributed by atoms with Gasteiger partial charge in [0, 0.05) is 6.54 Å². The van der Waals surface area contributed by atoms with Gasteiger partial charge < -0.3 is 0 Å². The number of halogens is 2. The molecule has 12 heavy (non-hydrogen) atoms. The number of alkyl halides is 2. The zero-order valence-electron chi connectivity index (χ0n) is 6.78. The van der Waals surface area contributed by atoms with Gasteiger partial charge in [0.05, 0.1) is 13.7 Å². The maximum absolute atomic E-state index is 12.4. The molecule has 0 saturated carbocycles. The van der Waals surface area contributed by atoms with Crippen LogP contribution in [0.15, 0.2) is 0 Å². The van der Waals surface area contributed by atoms with Crippen LogP contribution in [0.4, 0.5) is 8.78 Å². The van der Waals surface area contributed by atoms with E-state index in [0.29, 0.717) is 20.1 Å². The fourth-order valence-corrected chi connectivity index (χ4v) is 1.69. The molecular formula is C5H14F2N2O2S. The van der Waals surface area contributed by atoms with Gasteiger partial charge >= 0.3 is 0 Å². The lowest BCUT2D eigenvalue weighted by molar-refractivity contribution is 0.328. The minimum absolute atomic E-state index is 0.0405. The second-order valence-electron chi connectivity index (χ2n) is 2.34. The van der Waals surface area contributed by atoms with Crippen molar-refractivity contribution in [1.82, 2.24) is 4.31 Å². The van der Waals surface area contributed by atoms with Gasteiger partial charge in [-0.25, -0.2) is 9.53 Å². The molecule has 4 nitrogen and oxygen atoms in total. The molecule has 0 amide bonds. The summed E-state index contributed by atoms with van der Waals surface area (Å²) in [6, 6.07) is 0. The van der Waals surface area contributed by atoms with E-state index in [2.05, 4.69) is 0 Å². The number of nitrogens with two attached hydrogens (primary N) is 1. The van der Waals surface area contributed by atoms with Crippen LogP contribution in [0.3, 0.4) is 0 Å². The third-order valence-electron chi connectivity index (χ3n) is 1.47. The molecule has 0 bridgehead atoms. The maximum Gasteiger partial charge on any atom is 0.116 e. The van der Waals surface area contributed by atoms with Crippen molar-refractivity contribution in [2.24, 2.45) is 5.14 Å². The molecule has 0 aromatic rings. The summed E-state index contributed by atoms with van der Waals surface area (Å²) < 4.78 is 40.7. The van der Waals surface area contributed by atoms with E-state index < -0.39 is 17.1 Å². The highest BCUT2D eigenvalue weighted by molar-refractivity contribution is 8.20. The fraction of sp³-hybridized carbons (Fsp3) is 1.00. The lowest BCUT2D eigenvalue weighted by atomic mass is 10.4. The summed E-state index contributed by atoms with van der Waals surface area (Å²) in [7, 11) is -2.64. The molecule has 76 valence electrons. The van der Waals surface area contributed by atoms with Gasteiger partial charge in [-0.3, -0.25) is 13.5 Å². The molecule has 1 fully saturated rings. The molecule has 1 aliphatic rings. The molecule has 1 rings (SSSR count). The van der Waals surface area contributed by atoms with Crippen LogP contribution in [0.1, 0.15) is 6.42 Å². The van der Waals surface area contributed by atoms with Crippen molar-refractivity contribution < 1.29 is 17.9 Å². The Hall–Kier alpha value is 0.0500. The average molecular weight is 204 g/mol. The Bertz CT molecular complexity index is 133. The Morgan fingerprint density at radius 1 is 1.50 bits per heavy atom. The maximum atomic E-state index is 12.4. The van der Waals surface area contributed by atoms with E-state index in [-0.39, 0.29) is 6.54 Å². The SMILES string of the molecule is CF.NS(O)(O)N1CCC(F)C1. The Morgan fingerprint density at radius 3 is 2.17 bits per heavy atom. The van der Waals surface area contributed by atoms with Gasteiger partial charge in [-0.2, -0.15) is 4.31 Å². The summed E-state index contributed by atoms with van der Waals surface area (Å²) in [6.07, 6.45) is -0.623. The second-order valence-corrected chi connectivity index (χ2v) is 3.97. The first-order valence-corrected chi connectivity index (χ1v) is 4.90. The quantitative estimate of drug-likeness (QED) is 0.599. The predicted octanol–water partition coefficient (Wildman–Crippen LogP) is 1.16. The Morgan fingerprint density at radius 2 is 2.00 bits per heavy atom. The topological polar surface area (TPSA) is 69.7 Å². The summed E-state index contributed by atoms with van der Waals surface area (Å²) in [5, 5.41) is 4.96. The van der Waals surface area contributed by atoms with Crippen LogP contribution in [0, 0.1) is 0 Å². The Balaban J connectivity index is 0.000000561. The van der Waals surface area contributed by atoms with Gasteiger partial charge in [0.1, 0.15) is 6.17 Å². The van der Waals surface area contributed by atoms with Crippen molar-refractivity contribution in [2.75, 3.05) is 20.3 Å². The van der Waals surface area contributed by atoms with Crippen molar-refractivity contribution in [2.45, 2.75) is 12.6 Å². The van der Waals surface area contributed by atoms with E-state index in [1.54, 1.807) is 0 Å². The van der Waals surface area contributed by atoms with Crippen LogP contribution >= 0.6 is 11.0 Å². The smallest absolute Gasteiger partial charge is 0.116 e. The van der Waals surface area contributed by atoms with E-state index in [0.717, 1.165) is 4.31 Å². The Kier molecular flexibility index (Phi) is 4.95. The van der Waals surface area contributed by atoms with E-state index in [9.17, 15) is 8.78 Å². The normalized spacial score (nSPS) is 26.3. The van der Waals surface area contributed by atoms with E-state index in [1.807, 2.05) is 0 Å². The molecule has 7 heteroatoms. The number of rotatable bonds is 1. The molecular weight excluding hydrogens is 190 g/mol. The van der Waals surface area contributed by atoms with Gasteiger partial charge in [-0.05, 0) is 6.42 Å². The van der Waals surface area contributed by atoms with Gasteiger partial charge in [-0.1, -0.05) is 11.0 Å². The standard InChI is InChI=1S/C4H11FN2O2S.CH3F/c5-4-1-2-7(3-4)10(6,8)9;1-2/h4,8-9H,1-3,6H2;1H3. The van der Waals surface area contributed by atoms with Crippen molar-refractivity contribution in [3.8, 4) is 0 Å². The van der Waals surface area contributed by atoms with E-state index >= 15 is 0 Å². The van der Waals surface area contributed by atoms with Crippen LogP contribution in [-0.2, 0) is 0 Å². The molecule has 1 saturated heterocycles. The van der Waals surface area contributed by atoms with Crippen LogP contribution < -0.4 is 5.14 Å². The first kappa shape index (κ1) is 12.0. The van der Waals surface area contributed by atoms with Gasteiger partial charge in [0.25, 0.3) is 0 Å². The zero-order chi connectivity index (χ0) is 9.78. The molecule has 0 aliphatic carbocycles. The lowest BCUT2D eigenvalue weighted by Gasteiger charge is -2.35. The molecule has 4 N–H and O–H groups in total. The molecule has 1 aliphatic heterocycles. The predicted molar refractivity (Wildman–Crippen MR) is 45.2 cm³/mol. The molecule has 1 heterocycles. The third kappa shape index (κ3) is 3.63. The zero-order valence-corrected chi connectivity index (χ0v) is 7.60. The van der Waals surface area contributed by atoms with Crippen molar-refractivity contribution >= 4 is 11.0 Å². The first-order chi connectivity index (χ1) is 5.50. The monoisotopic (exact) mass is 204 g/mol. The highest BCUT2D eigenvalue weighted by Gasteiger charge is 2.28. The van der Waals surface area contributed by atoms with Crippen molar-refractivity contribution in [3.05, 3.63) is 0 Å². The van der Waals surface area contributed by atoms with Crippen LogP contribution in [0.2, 0.25) is 0 Å². The lowest BCUT2D eigenvalue weighted by Crippen LogP contribution is -2.30. The summed E-state index contributed by atoms with van der Waals surface area (Å²) >= 11 is 0. The molecule has 0 aromatic heterocycles. The number of nitrogens with zero attached hydrogens (tertiary/aromatic N) is 1. The second kappa shape index (κ2) is 4.93. The fourth-order valence-electron chi connectivity index (χ4n) is 0.932. The molecule has 0 spiro atoms. The van der Waals surface area contributed by atoms with Crippen molar-refractivity contribution in [3.63, 3.8) is 0 Å². The first-order valence-electron chi connectivity index (χ1n) is 3.33. The van der Waals surface area contributed by atoms with E-state index in [4.69, 9.17) is 14.2 Å². The summed E-state index contributed by atoms with van der Waals surface area (Å²) in [5.41, 5.74) is 0. The van der Waals surface area contributed by atoms with Gasteiger partial charge in [0.15, 0.2) is 0 Å². The summed E-state index contributed by atoms with van der Waals surface area (Å²) in [4.78, 5) is 0. The molecule has 0 radical (unpaired) electrons. The Labute approximate surface area is 72.0 Å². The molecule has 1 unspecified atom stereocenters. The van der Waals surface area contributed by atoms with Gasteiger partial charge in [0.2, 0.25) is 0 Å².